The molecule has 1 unspecified atom stereocenters. The lowest BCUT2D eigenvalue weighted by atomic mass is 10.2. The molecule has 0 aromatic heterocycles. The number of carbonyl (C=O) groups excluding carboxylic acids is 1. The third-order valence-corrected chi connectivity index (χ3v) is 4.56. The van der Waals surface area contributed by atoms with Crippen LogP contribution >= 0.6 is 35.0 Å². The van der Waals surface area contributed by atoms with Crippen LogP contribution in [0.15, 0.2) is 58.5 Å². The average Bonchev–Trinajstić information content (AvgIpc) is 2.51. The number of hydrazone groups is 1. The van der Waals surface area contributed by atoms with E-state index in [2.05, 4.69) is 10.5 Å². The number of carbonyl (C=O) groups is 1. The third-order valence-electron chi connectivity index (χ3n) is 2.79. The molecule has 0 spiro atoms. The second kappa shape index (κ2) is 8.22. The van der Waals surface area contributed by atoms with E-state index in [4.69, 9.17) is 23.2 Å². The van der Waals surface area contributed by atoms with Gasteiger partial charge in [-0.15, -0.1) is 11.8 Å². The summed E-state index contributed by atoms with van der Waals surface area (Å²) in [4.78, 5) is 13.0. The molecule has 1 N–H and O–H groups in total. The van der Waals surface area contributed by atoms with Gasteiger partial charge < -0.3 is 0 Å². The van der Waals surface area contributed by atoms with Crippen molar-refractivity contribution in [3.63, 3.8) is 0 Å². The van der Waals surface area contributed by atoms with Crippen LogP contribution in [0.4, 0.5) is 0 Å². The van der Waals surface area contributed by atoms with E-state index in [9.17, 15) is 4.79 Å². The second-order valence-corrected chi connectivity index (χ2v) is 6.67. The molecule has 0 fully saturated rings. The summed E-state index contributed by atoms with van der Waals surface area (Å²) in [5.74, 6) is -0.187. The smallest absolute Gasteiger partial charge is 0.253 e. The zero-order valence-corrected chi connectivity index (χ0v) is 14.1. The van der Waals surface area contributed by atoms with Crippen LogP contribution in [0.2, 0.25) is 10.0 Å². The zero-order chi connectivity index (χ0) is 15.9. The van der Waals surface area contributed by atoms with Crippen molar-refractivity contribution in [2.24, 2.45) is 5.10 Å². The van der Waals surface area contributed by atoms with Gasteiger partial charge in [0.15, 0.2) is 0 Å². The van der Waals surface area contributed by atoms with Crippen LogP contribution in [-0.4, -0.2) is 17.4 Å². The summed E-state index contributed by atoms with van der Waals surface area (Å²) in [6, 6.07) is 14.9. The molecule has 1 atom stereocenters. The van der Waals surface area contributed by atoms with Crippen LogP contribution in [-0.2, 0) is 4.79 Å². The summed E-state index contributed by atoms with van der Waals surface area (Å²) in [7, 11) is 0. The molecule has 2 aromatic carbocycles. The van der Waals surface area contributed by atoms with Gasteiger partial charge in [-0.1, -0.05) is 47.5 Å². The first-order chi connectivity index (χ1) is 10.6. The topological polar surface area (TPSA) is 41.5 Å². The van der Waals surface area contributed by atoms with Gasteiger partial charge in [0, 0.05) is 10.5 Å². The molecular weight excluding hydrogens is 339 g/mol. The van der Waals surface area contributed by atoms with Gasteiger partial charge >= 0.3 is 0 Å². The lowest BCUT2D eigenvalue weighted by Gasteiger charge is -2.09. The fourth-order valence-corrected chi connectivity index (χ4v) is 3.02. The summed E-state index contributed by atoms with van der Waals surface area (Å²) in [6.45, 7) is 1.82. The van der Waals surface area contributed by atoms with Crippen molar-refractivity contribution in [2.45, 2.75) is 17.1 Å². The molecule has 0 saturated heterocycles. The number of amides is 1. The van der Waals surface area contributed by atoms with Crippen molar-refractivity contribution < 1.29 is 4.79 Å². The Labute approximate surface area is 143 Å². The fraction of sp³-hybridized carbons (Fsp3) is 0.125. The van der Waals surface area contributed by atoms with Crippen LogP contribution in [0.3, 0.4) is 0 Å². The van der Waals surface area contributed by atoms with E-state index in [1.165, 1.54) is 18.0 Å². The molecule has 6 heteroatoms. The minimum atomic E-state index is -0.263. The average molecular weight is 353 g/mol. The lowest BCUT2D eigenvalue weighted by Crippen LogP contribution is -2.26. The Morgan fingerprint density at radius 2 is 1.77 bits per heavy atom. The van der Waals surface area contributed by atoms with Gasteiger partial charge in [0.2, 0.25) is 0 Å². The van der Waals surface area contributed by atoms with Crippen molar-refractivity contribution >= 4 is 47.1 Å². The molecule has 2 rings (SSSR count). The van der Waals surface area contributed by atoms with E-state index in [1.807, 2.05) is 37.3 Å². The molecule has 22 heavy (non-hydrogen) atoms. The van der Waals surface area contributed by atoms with Gasteiger partial charge in [0.25, 0.3) is 5.91 Å². The Kier molecular flexibility index (Phi) is 6.31. The number of benzene rings is 2. The van der Waals surface area contributed by atoms with E-state index >= 15 is 0 Å². The van der Waals surface area contributed by atoms with Crippen LogP contribution in [0.1, 0.15) is 12.5 Å². The Morgan fingerprint density at radius 3 is 2.41 bits per heavy atom. The molecule has 3 nitrogen and oxygen atoms in total. The van der Waals surface area contributed by atoms with Crippen molar-refractivity contribution in [2.75, 3.05) is 0 Å². The summed E-state index contributed by atoms with van der Waals surface area (Å²) >= 11 is 13.5. The first-order valence-corrected chi connectivity index (χ1v) is 8.20. The van der Waals surface area contributed by atoms with Crippen molar-refractivity contribution in [3.05, 3.63) is 64.1 Å². The molecule has 0 aliphatic carbocycles. The highest BCUT2D eigenvalue weighted by molar-refractivity contribution is 8.00. The molecule has 114 valence electrons. The quantitative estimate of drug-likeness (QED) is 0.484. The summed E-state index contributed by atoms with van der Waals surface area (Å²) in [5.41, 5.74) is 3.08. The number of thioether (sulfide) groups is 1. The maximum absolute atomic E-state index is 12.0. The summed E-state index contributed by atoms with van der Waals surface area (Å²) in [6.07, 6.45) is 1.45. The molecule has 0 aliphatic heterocycles. The number of nitrogens with zero attached hydrogens (tertiary/aromatic N) is 1. The highest BCUT2D eigenvalue weighted by atomic mass is 35.5. The third kappa shape index (κ3) is 4.77. The normalized spacial score (nSPS) is 12.3. The molecular formula is C16H14Cl2N2OS. The van der Waals surface area contributed by atoms with Crippen molar-refractivity contribution in [1.82, 2.24) is 5.43 Å². The number of hydrogen-bond acceptors (Lipinski definition) is 3. The number of halogens is 2. The summed E-state index contributed by atoms with van der Waals surface area (Å²) < 4.78 is 0. The minimum Gasteiger partial charge on any atom is -0.272 e. The Hall–Kier alpha value is -1.49. The first kappa shape index (κ1) is 16.9. The van der Waals surface area contributed by atoms with Gasteiger partial charge in [0.1, 0.15) is 0 Å². The largest absolute Gasteiger partial charge is 0.272 e. The monoisotopic (exact) mass is 352 g/mol. The molecule has 2 aromatic rings. The van der Waals surface area contributed by atoms with Crippen molar-refractivity contribution in [3.8, 4) is 0 Å². The Balaban J connectivity index is 1.93. The lowest BCUT2D eigenvalue weighted by molar-refractivity contribution is -0.120. The van der Waals surface area contributed by atoms with Crippen LogP contribution in [0.5, 0.6) is 0 Å². The molecule has 0 radical (unpaired) electrons. The summed E-state index contributed by atoms with van der Waals surface area (Å²) in [5, 5.41) is 4.62. The number of rotatable bonds is 5. The van der Waals surface area contributed by atoms with Crippen LogP contribution in [0, 0.1) is 0 Å². The minimum absolute atomic E-state index is 0.187. The van der Waals surface area contributed by atoms with Gasteiger partial charge in [0.05, 0.1) is 21.5 Å². The van der Waals surface area contributed by atoms with E-state index in [-0.39, 0.29) is 11.2 Å². The van der Waals surface area contributed by atoms with Gasteiger partial charge in [-0.05, 0) is 31.2 Å². The predicted octanol–water partition coefficient (Wildman–Crippen LogP) is 4.62. The van der Waals surface area contributed by atoms with Crippen LogP contribution in [0.25, 0.3) is 0 Å². The molecule has 0 aliphatic rings. The highest BCUT2D eigenvalue weighted by Crippen LogP contribution is 2.23. The van der Waals surface area contributed by atoms with Gasteiger partial charge in [-0.25, -0.2) is 5.43 Å². The Morgan fingerprint density at radius 1 is 1.14 bits per heavy atom. The number of hydrogen-bond donors (Lipinski definition) is 1. The Bertz CT molecular complexity index is 657. The highest BCUT2D eigenvalue weighted by Gasteiger charge is 2.13. The van der Waals surface area contributed by atoms with Crippen molar-refractivity contribution in [1.29, 1.82) is 0 Å². The maximum atomic E-state index is 12.0. The maximum Gasteiger partial charge on any atom is 0.253 e. The first-order valence-electron chi connectivity index (χ1n) is 6.56. The predicted molar refractivity (Wildman–Crippen MR) is 94.0 cm³/mol. The van der Waals surface area contributed by atoms with Crippen LogP contribution < -0.4 is 5.43 Å². The van der Waals surface area contributed by atoms with E-state index in [0.29, 0.717) is 15.6 Å². The second-order valence-electron chi connectivity index (χ2n) is 4.44. The molecule has 1 amide bonds. The molecule has 0 saturated carbocycles. The standard InChI is InChI=1S/C16H14Cl2N2OS/c1-11(22-12-6-3-2-4-7-12)16(21)20-19-10-13-14(17)8-5-9-15(13)18/h2-11H,1H3,(H,20,21)/b19-10+. The SMILES string of the molecule is CC(Sc1ccccc1)C(=O)N/N=C/c1c(Cl)cccc1Cl. The zero-order valence-electron chi connectivity index (χ0n) is 11.8. The van der Waals surface area contributed by atoms with E-state index < -0.39 is 0 Å². The fourth-order valence-electron chi connectivity index (χ4n) is 1.64. The molecule has 0 heterocycles. The number of nitrogens with one attached hydrogen (secondary N) is 1. The molecule has 0 bridgehead atoms. The van der Waals surface area contributed by atoms with E-state index in [0.717, 1.165) is 4.90 Å². The van der Waals surface area contributed by atoms with Gasteiger partial charge in [-0.2, -0.15) is 5.10 Å². The van der Waals surface area contributed by atoms with E-state index in [1.54, 1.807) is 18.2 Å². The van der Waals surface area contributed by atoms with Gasteiger partial charge in [-0.3, -0.25) is 4.79 Å².